The van der Waals surface area contributed by atoms with Gasteiger partial charge in [-0.15, -0.1) is 11.8 Å². The summed E-state index contributed by atoms with van der Waals surface area (Å²) in [5, 5.41) is 2.91. The summed E-state index contributed by atoms with van der Waals surface area (Å²) in [4.78, 5) is 29.0. The van der Waals surface area contributed by atoms with Crippen LogP contribution >= 0.6 is 11.8 Å². The van der Waals surface area contributed by atoms with Crippen molar-refractivity contribution in [2.75, 3.05) is 38.8 Å². The molecular weight excluding hydrogens is 346 g/mol. The number of nitrogens with zero attached hydrogens (tertiary/aromatic N) is 2. The molecule has 6 heteroatoms. The third kappa shape index (κ3) is 6.20. The Morgan fingerprint density at radius 2 is 1.62 bits per heavy atom. The number of anilines is 1. The van der Waals surface area contributed by atoms with Crippen molar-refractivity contribution >= 4 is 29.3 Å². The molecule has 138 valence electrons. The number of carbonyl (C=O) groups excluding carboxylic acids is 2. The van der Waals surface area contributed by atoms with E-state index in [4.69, 9.17) is 0 Å². The molecule has 1 N–H and O–H groups in total. The molecule has 2 amide bonds. The maximum absolute atomic E-state index is 12.3. The van der Waals surface area contributed by atoms with Crippen LogP contribution in [0.2, 0.25) is 0 Å². The van der Waals surface area contributed by atoms with Crippen LogP contribution in [-0.4, -0.2) is 55.1 Å². The zero-order chi connectivity index (χ0) is 18.9. The standard InChI is InChI=1S/C20H25N3O2S/c1-22(14-19(24)21-17-11-7-8-12-18(17)26-3)15-20(25)23(2)13-16-9-5-4-6-10-16/h4-12H,13-15H2,1-3H3,(H,21,24). The SMILES string of the molecule is CSc1ccccc1NC(=O)CN(C)CC(=O)N(C)Cc1ccccc1. The van der Waals surface area contributed by atoms with Crippen LogP contribution in [0.25, 0.3) is 0 Å². The topological polar surface area (TPSA) is 52.7 Å². The largest absolute Gasteiger partial charge is 0.340 e. The van der Waals surface area contributed by atoms with Gasteiger partial charge in [-0.1, -0.05) is 42.5 Å². The summed E-state index contributed by atoms with van der Waals surface area (Å²) in [6.07, 6.45) is 1.97. The van der Waals surface area contributed by atoms with E-state index in [1.54, 1.807) is 35.7 Å². The normalized spacial score (nSPS) is 10.6. The second-order valence-electron chi connectivity index (χ2n) is 6.16. The maximum Gasteiger partial charge on any atom is 0.238 e. The molecule has 0 aliphatic carbocycles. The second kappa shape index (κ2) is 9.99. The number of rotatable bonds is 8. The van der Waals surface area contributed by atoms with Crippen LogP contribution in [0.5, 0.6) is 0 Å². The number of carbonyl (C=O) groups is 2. The van der Waals surface area contributed by atoms with E-state index in [-0.39, 0.29) is 24.9 Å². The Morgan fingerprint density at radius 1 is 0.962 bits per heavy atom. The first-order valence-electron chi connectivity index (χ1n) is 8.39. The molecule has 0 aliphatic rings. The van der Waals surface area contributed by atoms with Gasteiger partial charge in [0.25, 0.3) is 0 Å². The average molecular weight is 372 g/mol. The van der Waals surface area contributed by atoms with E-state index < -0.39 is 0 Å². The van der Waals surface area contributed by atoms with Crippen LogP contribution < -0.4 is 5.32 Å². The molecule has 0 bridgehead atoms. The molecule has 0 saturated heterocycles. The van der Waals surface area contributed by atoms with Gasteiger partial charge in [-0.2, -0.15) is 0 Å². The number of nitrogens with one attached hydrogen (secondary N) is 1. The van der Waals surface area contributed by atoms with Crippen molar-refractivity contribution in [2.24, 2.45) is 0 Å². The minimum atomic E-state index is -0.132. The third-order valence-electron chi connectivity index (χ3n) is 3.89. The third-order valence-corrected chi connectivity index (χ3v) is 4.68. The first kappa shape index (κ1) is 20.0. The Bertz CT molecular complexity index is 737. The zero-order valence-corrected chi connectivity index (χ0v) is 16.3. The summed E-state index contributed by atoms with van der Waals surface area (Å²) in [6.45, 7) is 0.912. The molecule has 2 aromatic carbocycles. The highest BCUT2D eigenvalue weighted by Crippen LogP contribution is 2.24. The van der Waals surface area contributed by atoms with E-state index in [1.807, 2.05) is 60.9 Å². The number of likely N-dealkylation sites (N-methyl/N-ethyl adjacent to an activating group) is 2. The number of hydrogen-bond donors (Lipinski definition) is 1. The van der Waals surface area contributed by atoms with Gasteiger partial charge in [0.1, 0.15) is 0 Å². The van der Waals surface area contributed by atoms with E-state index in [1.165, 1.54) is 0 Å². The lowest BCUT2D eigenvalue weighted by atomic mass is 10.2. The summed E-state index contributed by atoms with van der Waals surface area (Å²) in [5.74, 6) is -0.152. The van der Waals surface area contributed by atoms with Crippen molar-refractivity contribution in [1.29, 1.82) is 0 Å². The lowest BCUT2D eigenvalue weighted by Gasteiger charge is -2.22. The van der Waals surface area contributed by atoms with Gasteiger partial charge >= 0.3 is 0 Å². The molecule has 0 fully saturated rings. The van der Waals surface area contributed by atoms with Crippen LogP contribution in [0, 0.1) is 0 Å². The maximum atomic E-state index is 12.3. The summed E-state index contributed by atoms with van der Waals surface area (Å²) in [7, 11) is 3.55. The fourth-order valence-corrected chi connectivity index (χ4v) is 3.09. The molecule has 0 atom stereocenters. The van der Waals surface area contributed by atoms with Crippen molar-refractivity contribution in [1.82, 2.24) is 9.80 Å². The molecular formula is C20H25N3O2S. The van der Waals surface area contributed by atoms with Gasteiger partial charge in [-0.25, -0.2) is 0 Å². The quantitative estimate of drug-likeness (QED) is 0.725. The molecule has 2 rings (SSSR count). The predicted molar refractivity (Wildman–Crippen MR) is 107 cm³/mol. The molecule has 0 saturated carbocycles. The lowest BCUT2D eigenvalue weighted by Crippen LogP contribution is -2.39. The molecule has 0 aromatic heterocycles. The Labute approximate surface area is 159 Å². The van der Waals surface area contributed by atoms with Crippen molar-refractivity contribution in [2.45, 2.75) is 11.4 Å². The lowest BCUT2D eigenvalue weighted by molar-refractivity contribution is -0.131. The van der Waals surface area contributed by atoms with Crippen molar-refractivity contribution in [3.05, 3.63) is 60.2 Å². The average Bonchev–Trinajstić information content (AvgIpc) is 2.62. The van der Waals surface area contributed by atoms with E-state index in [0.29, 0.717) is 6.54 Å². The summed E-state index contributed by atoms with van der Waals surface area (Å²) in [6, 6.07) is 17.5. The van der Waals surface area contributed by atoms with Crippen LogP contribution in [0.3, 0.4) is 0 Å². The number of benzene rings is 2. The van der Waals surface area contributed by atoms with Crippen molar-refractivity contribution in [3.8, 4) is 0 Å². The predicted octanol–water partition coefficient (Wildman–Crippen LogP) is 2.94. The number of hydrogen-bond acceptors (Lipinski definition) is 4. The highest BCUT2D eigenvalue weighted by atomic mass is 32.2. The van der Waals surface area contributed by atoms with Gasteiger partial charge in [0, 0.05) is 18.5 Å². The van der Waals surface area contributed by atoms with Gasteiger partial charge in [-0.3, -0.25) is 14.5 Å². The number of para-hydroxylation sites is 1. The smallest absolute Gasteiger partial charge is 0.238 e. The van der Waals surface area contributed by atoms with Crippen LogP contribution in [0.4, 0.5) is 5.69 Å². The van der Waals surface area contributed by atoms with E-state index in [9.17, 15) is 9.59 Å². The van der Waals surface area contributed by atoms with Crippen LogP contribution in [-0.2, 0) is 16.1 Å². The molecule has 0 spiro atoms. The monoisotopic (exact) mass is 371 g/mol. The summed E-state index contributed by atoms with van der Waals surface area (Å²) >= 11 is 1.58. The van der Waals surface area contributed by atoms with Crippen LogP contribution in [0.15, 0.2) is 59.5 Å². The second-order valence-corrected chi connectivity index (χ2v) is 7.00. The molecule has 2 aromatic rings. The zero-order valence-electron chi connectivity index (χ0n) is 15.4. The fourth-order valence-electron chi connectivity index (χ4n) is 2.54. The Kier molecular flexibility index (Phi) is 7.69. The van der Waals surface area contributed by atoms with Gasteiger partial charge in [0.05, 0.1) is 18.8 Å². The van der Waals surface area contributed by atoms with E-state index in [0.717, 1.165) is 16.1 Å². The summed E-state index contributed by atoms with van der Waals surface area (Å²) in [5.41, 5.74) is 1.88. The van der Waals surface area contributed by atoms with Gasteiger partial charge in [0.2, 0.25) is 11.8 Å². The van der Waals surface area contributed by atoms with Crippen LogP contribution in [0.1, 0.15) is 5.56 Å². The molecule has 0 heterocycles. The molecule has 0 radical (unpaired) electrons. The van der Waals surface area contributed by atoms with Gasteiger partial charge in [-0.05, 0) is 31.0 Å². The molecule has 5 nitrogen and oxygen atoms in total. The first-order chi connectivity index (χ1) is 12.5. The Morgan fingerprint density at radius 3 is 2.31 bits per heavy atom. The highest BCUT2D eigenvalue weighted by molar-refractivity contribution is 7.98. The van der Waals surface area contributed by atoms with Crippen molar-refractivity contribution in [3.63, 3.8) is 0 Å². The van der Waals surface area contributed by atoms with Gasteiger partial charge in [0.15, 0.2) is 0 Å². The van der Waals surface area contributed by atoms with Gasteiger partial charge < -0.3 is 10.2 Å². The van der Waals surface area contributed by atoms with E-state index >= 15 is 0 Å². The van der Waals surface area contributed by atoms with Crippen molar-refractivity contribution < 1.29 is 9.59 Å². The molecule has 0 unspecified atom stereocenters. The Hall–Kier alpha value is -2.31. The number of thioether (sulfide) groups is 1. The van der Waals surface area contributed by atoms with E-state index in [2.05, 4.69) is 5.32 Å². The molecule has 0 aliphatic heterocycles. The molecule has 26 heavy (non-hydrogen) atoms. The number of amides is 2. The first-order valence-corrected chi connectivity index (χ1v) is 9.61. The summed E-state index contributed by atoms with van der Waals surface area (Å²) < 4.78 is 0. The Balaban J connectivity index is 1.82. The fraction of sp³-hybridized carbons (Fsp3) is 0.300. The minimum absolute atomic E-state index is 0.0198. The highest BCUT2D eigenvalue weighted by Gasteiger charge is 2.15. The minimum Gasteiger partial charge on any atom is -0.340 e.